The lowest BCUT2D eigenvalue weighted by Gasteiger charge is -2.14. The zero-order valence-electron chi connectivity index (χ0n) is 16.9. The Hall–Kier alpha value is -1.96. The molecule has 2 amide bonds. The zero-order chi connectivity index (χ0) is 23.5. The summed E-state index contributed by atoms with van der Waals surface area (Å²) in [4.78, 5) is 27.0. The topological polar surface area (TPSA) is 46.6 Å². The van der Waals surface area contributed by atoms with Gasteiger partial charge >= 0.3 is 0 Å². The first-order valence-corrected chi connectivity index (χ1v) is 12.4. The third-order valence-electron chi connectivity index (χ3n) is 4.78. The second-order valence-electron chi connectivity index (χ2n) is 7.10. The summed E-state index contributed by atoms with van der Waals surface area (Å²) in [6.45, 7) is 0.395. The minimum atomic E-state index is -0.389. The fraction of sp³-hybridized carbons (Fsp3) is 0.0833. The van der Waals surface area contributed by atoms with Crippen molar-refractivity contribution in [2.75, 3.05) is 0 Å². The smallest absolute Gasteiger partial charge is 0.293 e. The number of carbonyl (C=O) groups excluding carboxylic acids is 2. The average molecular weight is 584 g/mol. The summed E-state index contributed by atoms with van der Waals surface area (Å²) < 4.78 is 6.80. The number of thioether (sulfide) groups is 1. The van der Waals surface area contributed by atoms with E-state index in [1.807, 2.05) is 30.3 Å². The third kappa shape index (κ3) is 5.94. The number of nitrogens with zero attached hydrogens (tertiary/aromatic N) is 1. The van der Waals surface area contributed by atoms with Crippen molar-refractivity contribution >= 4 is 79.7 Å². The molecule has 4 rings (SSSR count). The first-order valence-electron chi connectivity index (χ1n) is 9.66. The van der Waals surface area contributed by atoms with Crippen molar-refractivity contribution in [1.82, 2.24) is 4.90 Å². The fourth-order valence-electron chi connectivity index (χ4n) is 3.10. The SMILES string of the molecule is O=C1S/C(=C\c2cc(Br)ccc2OCc2ccc(Cl)cc2)C(=O)N1Cc1ccc(Cl)cc1Cl. The number of benzene rings is 3. The van der Waals surface area contributed by atoms with Gasteiger partial charge in [-0.05, 0) is 71.4 Å². The lowest BCUT2D eigenvalue weighted by atomic mass is 10.1. The molecule has 0 saturated carbocycles. The zero-order valence-corrected chi connectivity index (χ0v) is 21.5. The first kappa shape index (κ1) is 24.2. The molecule has 1 fully saturated rings. The van der Waals surface area contributed by atoms with E-state index in [0.717, 1.165) is 26.7 Å². The molecule has 0 radical (unpaired) electrons. The standard InChI is InChI=1S/C24H15BrCl3NO3S/c25-17-4-8-21(32-13-14-1-5-18(26)6-2-14)16(9-17)10-22-23(30)29(24(31)33-22)12-15-3-7-19(27)11-20(15)28/h1-11H,12-13H2/b22-10-. The summed E-state index contributed by atoms with van der Waals surface area (Å²) in [5.41, 5.74) is 2.26. The Balaban J connectivity index is 1.55. The molecule has 1 saturated heterocycles. The molecule has 9 heteroatoms. The molecule has 0 aliphatic carbocycles. The van der Waals surface area contributed by atoms with Crippen LogP contribution in [0.3, 0.4) is 0 Å². The summed E-state index contributed by atoms with van der Waals surface area (Å²) >= 11 is 22.4. The van der Waals surface area contributed by atoms with Crippen LogP contribution < -0.4 is 4.74 Å². The number of ether oxygens (including phenoxy) is 1. The molecule has 4 nitrogen and oxygen atoms in total. The molecule has 0 unspecified atom stereocenters. The van der Waals surface area contributed by atoms with Crippen molar-refractivity contribution in [2.24, 2.45) is 0 Å². The van der Waals surface area contributed by atoms with E-state index >= 15 is 0 Å². The maximum atomic E-state index is 13.0. The number of halogens is 4. The summed E-state index contributed by atoms with van der Waals surface area (Å²) in [6.07, 6.45) is 1.66. The van der Waals surface area contributed by atoms with E-state index < -0.39 is 0 Å². The van der Waals surface area contributed by atoms with Crippen LogP contribution in [0.2, 0.25) is 15.1 Å². The van der Waals surface area contributed by atoms with E-state index in [1.54, 1.807) is 36.4 Å². The van der Waals surface area contributed by atoms with Gasteiger partial charge in [-0.3, -0.25) is 14.5 Å². The molecule has 0 N–H and O–H groups in total. The molecule has 0 atom stereocenters. The summed E-state index contributed by atoms with van der Waals surface area (Å²) in [5, 5.41) is 1.17. The lowest BCUT2D eigenvalue weighted by molar-refractivity contribution is -0.123. The highest BCUT2D eigenvalue weighted by Crippen LogP contribution is 2.36. The first-order chi connectivity index (χ1) is 15.8. The van der Waals surface area contributed by atoms with Gasteiger partial charge in [0.05, 0.1) is 11.4 Å². The molecule has 1 aliphatic heterocycles. The van der Waals surface area contributed by atoms with Crippen LogP contribution in [0.25, 0.3) is 6.08 Å². The van der Waals surface area contributed by atoms with Crippen LogP contribution in [0, 0.1) is 0 Å². The number of imide groups is 1. The van der Waals surface area contributed by atoms with Crippen LogP contribution in [-0.4, -0.2) is 16.0 Å². The molecule has 0 aromatic heterocycles. The number of hydrogen-bond acceptors (Lipinski definition) is 4. The Morgan fingerprint density at radius 2 is 1.67 bits per heavy atom. The van der Waals surface area contributed by atoms with Crippen LogP contribution in [0.1, 0.15) is 16.7 Å². The normalized spacial score (nSPS) is 14.9. The molecule has 3 aromatic carbocycles. The summed E-state index contributed by atoms with van der Waals surface area (Å²) in [7, 11) is 0. The van der Waals surface area contributed by atoms with E-state index in [9.17, 15) is 9.59 Å². The van der Waals surface area contributed by atoms with E-state index in [1.165, 1.54) is 0 Å². The van der Waals surface area contributed by atoms with Gasteiger partial charge in [0.1, 0.15) is 12.4 Å². The molecule has 0 spiro atoms. The van der Waals surface area contributed by atoms with E-state index in [2.05, 4.69) is 15.9 Å². The second kappa shape index (κ2) is 10.5. The van der Waals surface area contributed by atoms with E-state index in [4.69, 9.17) is 39.5 Å². The minimum absolute atomic E-state index is 0.0659. The highest BCUT2D eigenvalue weighted by Gasteiger charge is 2.35. The van der Waals surface area contributed by atoms with Crippen LogP contribution >= 0.6 is 62.5 Å². The van der Waals surface area contributed by atoms with Crippen LogP contribution in [0.4, 0.5) is 4.79 Å². The number of amides is 2. The van der Waals surface area contributed by atoms with Gasteiger partial charge in [-0.15, -0.1) is 0 Å². The second-order valence-corrected chi connectivity index (χ2v) is 10.3. The Morgan fingerprint density at radius 3 is 2.39 bits per heavy atom. The van der Waals surface area contributed by atoms with Crippen LogP contribution in [0.5, 0.6) is 5.75 Å². The molecule has 168 valence electrons. The van der Waals surface area contributed by atoms with Crippen molar-refractivity contribution in [1.29, 1.82) is 0 Å². The Labute approximate surface area is 218 Å². The quantitative estimate of drug-likeness (QED) is 0.274. The lowest BCUT2D eigenvalue weighted by Crippen LogP contribution is -2.27. The summed E-state index contributed by atoms with van der Waals surface area (Å²) in [5.74, 6) is 0.195. The van der Waals surface area contributed by atoms with Crippen molar-refractivity contribution in [3.05, 3.63) is 102 Å². The van der Waals surface area contributed by atoms with Crippen molar-refractivity contribution in [3.63, 3.8) is 0 Å². The Kier molecular flexibility index (Phi) is 7.72. The Morgan fingerprint density at radius 1 is 0.939 bits per heavy atom. The number of carbonyl (C=O) groups is 2. The van der Waals surface area contributed by atoms with Gasteiger partial charge in [-0.1, -0.05) is 68.9 Å². The largest absolute Gasteiger partial charge is 0.488 e. The molecular formula is C24H15BrCl3NO3S. The highest BCUT2D eigenvalue weighted by molar-refractivity contribution is 9.10. The van der Waals surface area contributed by atoms with Gasteiger partial charge in [0, 0.05) is 25.1 Å². The van der Waals surface area contributed by atoms with Crippen molar-refractivity contribution < 1.29 is 14.3 Å². The minimum Gasteiger partial charge on any atom is -0.488 e. The highest BCUT2D eigenvalue weighted by atomic mass is 79.9. The predicted molar refractivity (Wildman–Crippen MR) is 138 cm³/mol. The number of hydrogen-bond donors (Lipinski definition) is 0. The van der Waals surface area contributed by atoms with Crippen LogP contribution in [0.15, 0.2) is 70.0 Å². The van der Waals surface area contributed by atoms with Gasteiger partial charge in [0.15, 0.2) is 0 Å². The van der Waals surface area contributed by atoms with E-state index in [0.29, 0.717) is 43.5 Å². The monoisotopic (exact) mass is 581 g/mol. The van der Waals surface area contributed by atoms with Gasteiger partial charge in [-0.2, -0.15) is 0 Å². The van der Waals surface area contributed by atoms with E-state index in [-0.39, 0.29) is 17.7 Å². The molecule has 33 heavy (non-hydrogen) atoms. The van der Waals surface area contributed by atoms with Gasteiger partial charge in [0.25, 0.3) is 11.1 Å². The van der Waals surface area contributed by atoms with Crippen LogP contribution in [-0.2, 0) is 17.9 Å². The molecular weight excluding hydrogens is 569 g/mol. The molecule has 1 heterocycles. The Bertz CT molecular complexity index is 1260. The maximum absolute atomic E-state index is 13.0. The average Bonchev–Trinajstić information content (AvgIpc) is 3.03. The number of rotatable bonds is 6. The van der Waals surface area contributed by atoms with Gasteiger partial charge in [0.2, 0.25) is 0 Å². The van der Waals surface area contributed by atoms with Crippen molar-refractivity contribution in [3.8, 4) is 5.75 Å². The third-order valence-corrected chi connectivity index (χ3v) is 7.02. The van der Waals surface area contributed by atoms with Gasteiger partial charge < -0.3 is 4.74 Å². The summed E-state index contributed by atoms with van der Waals surface area (Å²) in [6, 6.07) is 17.8. The molecule has 3 aromatic rings. The molecule has 1 aliphatic rings. The maximum Gasteiger partial charge on any atom is 0.293 e. The molecule has 0 bridgehead atoms. The predicted octanol–water partition coefficient (Wildman–Crippen LogP) is 8.22. The van der Waals surface area contributed by atoms with Gasteiger partial charge in [-0.25, -0.2) is 0 Å². The fourth-order valence-corrected chi connectivity index (χ4v) is 4.91. The van der Waals surface area contributed by atoms with Crippen molar-refractivity contribution in [2.45, 2.75) is 13.2 Å².